The molecule has 0 saturated carbocycles. The Kier molecular flexibility index (Phi) is 4.51. The molecule has 1 unspecified atom stereocenters. The first-order valence-electron chi connectivity index (χ1n) is 7.79. The molecular formula is C19H20N2O3S. The second kappa shape index (κ2) is 6.48. The average molecular weight is 356 g/mol. The van der Waals surface area contributed by atoms with Crippen molar-refractivity contribution in [3.8, 4) is 5.75 Å². The number of primary sulfonamides is 1. The molecule has 3 rings (SSSR count). The highest BCUT2D eigenvalue weighted by atomic mass is 32.2. The summed E-state index contributed by atoms with van der Waals surface area (Å²) in [4.78, 5) is 2.01. The van der Waals surface area contributed by atoms with Crippen molar-refractivity contribution in [2.75, 3.05) is 14.1 Å². The number of sulfonamides is 1. The van der Waals surface area contributed by atoms with Gasteiger partial charge in [-0.05, 0) is 25.7 Å². The third-order valence-corrected chi connectivity index (χ3v) is 5.23. The van der Waals surface area contributed by atoms with Gasteiger partial charge in [0, 0.05) is 16.3 Å². The van der Waals surface area contributed by atoms with Gasteiger partial charge < -0.3 is 5.11 Å². The highest BCUT2D eigenvalue weighted by molar-refractivity contribution is 7.89. The lowest BCUT2D eigenvalue weighted by atomic mass is 9.94. The van der Waals surface area contributed by atoms with Crippen LogP contribution in [0.3, 0.4) is 0 Å². The van der Waals surface area contributed by atoms with Gasteiger partial charge >= 0.3 is 0 Å². The van der Waals surface area contributed by atoms with E-state index in [-0.39, 0.29) is 16.7 Å². The van der Waals surface area contributed by atoms with Crippen LogP contribution in [0.4, 0.5) is 0 Å². The van der Waals surface area contributed by atoms with E-state index in [9.17, 15) is 13.5 Å². The Morgan fingerprint density at radius 1 is 0.920 bits per heavy atom. The molecule has 0 aliphatic heterocycles. The minimum atomic E-state index is -3.87. The van der Waals surface area contributed by atoms with Crippen LogP contribution >= 0.6 is 0 Å². The van der Waals surface area contributed by atoms with Crippen LogP contribution in [0.25, 0.3) is 10.8 Å². The van der Waals surface area contributed by atoms with Gasteiger partial charge in [-0.3, -0.25) is 4.90 Å². The van der Waals surface area contributed by atoms with Crippen molar-refractivity contribution in [3.63, 3.8) is 0 Å². The Bertz CT molecular complexity index is 1020. The fourth-order valence-electron chi connectivity index (χ4n) is 3.19. The number of fused-ring (bicyclic) bond motifs is 1. The standard InChI is InChI=1S/C19H20N2O3S/c1-21(2)18(13-7-4-3-5-8-13)16-12-11-14-15(19(16)22)9-6-10-17(14)25(20,23)24/h3-12,18,22H,1-2H3,(H2,20,23,24). The molecule has 0 aromatic heterocycles. The van der Waals surface area contributed by atoms with Gasteiger partial charge in [0.2, 0.25) is 10.0 Å². The summed E-state index contributed by atoms with van der Waals surface area (Å²) in [6.07, 6.45) is 0. The smallest absolute Gasteiger partial charge is 0.238 e. The molecule has 3 N–H and O–H groups in total. The molecule has 3 aromatic carbocycles. The van der Waals surface area contributed by atoms with E-state index in [1.165, 1.54) is 6.07 Å². The molecule has 0 fully saturated rings. The number of benzene rings is 3. The maximum atomic E-state index is 11.8. The summed E-state index contributed by atoms with van der Waals surface area (Å²) in [6, 6.07) is 17.8. The molecule has 0 saturated heterocycles. The number of aromatic hydroxyl groups is 1. The van der Waals surface area contributed by atoms with Crippen molar-refractivity contribution in [2.24, 2.45) is 5.14 Å². The largest absolute Gasteiger partial charge is 0.507 e. The normalized spacial score (nSPS) is 13.3. The molecule has 0 bridgehead atoms. The predicted molar refractivity (Wildman–Crippen MR) is 99.0 cm³/mol. The molecule has 3 aromatic rings. The molecule has 0 radical (unpaired) electrons. The van der Waals surface area contributed by atoms with Crippen LogP contribution in [0.15, 0.2) is 65.6 Å². The monoisotopic (exact) mass is 356 g/mol. The van der Waals surface area contributed by atoms with Crippen LogP contribution in [0, 0.1) is 0 Å². The number of nitrogens with zero attached hydrogens (tertiary/aromatic N) is 1. The first-order chi connectivity index (χ1) is 11.8. The molecule has 0 spiro atoms. The third kappa shape index (κ3) is 3.24. The van der Waals surface area contributed by atoms with E-state index in [0.717, 1.165) is 5.56 Å². The molecule has 25 heavy (non-hydrogen) atoms. The first-order valence-corrected chi connectivity index (χ1v) is 9.34. The van der Waals surface area contributed by atoms with Crippen molar-refractivity contribution in [1.29, 1.82) is 0 Å². The van der Waals surface area contributed by atoms with Gasteiger partial charge in [0.1, 0.15) is 5.75 Å². The maximum absolute atomic E-state index is 11.8. The lowest BCUT2D eigenvalue weighted by Crippen LogP contribution is -2.21. The SMILES string of the molecule is CN(C)C(c1ccccc1)c1ccc2c(S(N)(=O)=O)cccc2c1O. The van der Waals surface area contributed by atoms with Crippen molar-refractivity contribution >= 4 is 20.8 Å². The van der Waals surface area contributed by atoms with E-state index in [1.54, 1.807) is 24.3 Å². The minimum Gasteiger partial charge on any atom is -0.507 e. The molecular weight excluding hydrogens is 336 g/mol. The minimum absolute atomic E-state index is 0.00737. The number of phenols is 1. The van der Waals surface area contributed by atoms with Crippen molar-refractivity contribution in [3.05, 3.63) is 71.8 Å². The van der Waals surface area contributed by atoms with E-state index in [0.29, 0.717) is 16.3 Å². The maximum Gasteiger partial charge on any atom is 0.238 e. The highest BCUT2D eigenvalue weighted by Crippen LogP contribution is 2.39. The fourth-order valence-corrected chi connectivity index (χ4v) is 3.94. The summed E-state index contributed by atoms with van der Waals surface area (Å²) in [7, 11) is -0.00408. The van der Waals surface area contributed by atoms with Gasteiger partial charge in [-0.2, -0.15) is 0 Å². The van der Waals surface area contributed by atoms with Crippen LogP contribution in [-0.2, 0) is 10.0 Å². The van der Waals surface area contributed by atoms with Crippen LogP contribution < -0.4 is 5.14 Å². The molecule has 0 heterocycles. The summed E-state index contributed by atoms with van der Waals surface area (Å²) in [6.45, 7) is 0. The van der Waals surface area contributed by atoms with Gasteiger partial charge in [-0.1, -0.05) is 54.6 Å². The Hall–Kier alpha value is -2.41. The number of rotatable bonds is 4. The molecule has 130 valence electrons. The van der Waals surface area contributed by atoms with E-state index in [4.69, 9.17) is 5.14 Å². The zero-order chi connectivity index (χ0) is 18.2. The average Bonchev–Trinajstić information content (AvgIpc) is 2.56. The quantitative estimate of drug-likeness (QED) is 0.753. The summed E-state index contributed by atoms with van der Waals surface area (Å²) in [5, 5.41) is 17.0. The zero-order valence-electron chi connectivity index (χ0n) is 14.0. The molecule has 5 nitrogen and oxygen atoms in total. The highest BCUT2D eigenvalue weighted by Gasteiger charge is 2.22. The van der Waals surface area contributed by atoms with E-state index < -0.39 is 10.0 Å². The summed E-state index contributed by atoms with van der Waals surface area (Å²) in [5.74, 6) is 0.0607. The zero-order valence-corrected chi connectivity index (χ0v) is 14.9. The number of hydrogen-bond acceptors (Lipinski definition) is 4. The molecule has 1 atom stereocenters. The molecule has 0 aliphatic carbocycles. The molecule has 0 aliphatic rings. The Labute approximate surface area is 147 Å². The second-order valence-corrected chi connectivity index (χ2v) is 7.71. The third-order valence-electron chi connectivity index (χ3n) is 4.26. The van der Waals surface area contributed by atoms with Gasteiger partial charge in [0.15, 0.2) is 0 Å². The van der Waals surface area contributed by atoms with Crippen molar-refractivity contribution in [2.45, 2.75) is 10.9 Å². The van der Waals surface area contributed by atoms with Crippen molar-refractivity contribution < 1.29 is 13.5 Å². The van der Waals surface area contributed by atoms with Crippen LogP contribution in [-0.4, -0.2) is 32.5 Å². The fraction of sp³-hybridized carbons (Fsp3) is 0.158. The van der Waals surface area contributed by atoms with Crippen LogP contribution in [0.5, 0.6) is 5.75 Å². The number of hydrogen-bond donors (Lipinski definition) is 2. The summed E-state index contributed by atoms with van der Waals surface area (Å²) in [5.41, 5.74) is 1.74. The lowest BCUT2D eigenvalue weighted by Gasteiger charge is -2.26. The summed E-state index contributed by atoms with van der Waals surface area (Å²) >= 11 is 0. The molecule has 6 heteroatoms. The van der Waals surface area contributed by atoms with E-state index in [2.05, 4.69) is 0 Å². The van der Waals surface area contributed by atoms with Crippen LogP contribution in [0.2, 0.25) is 0 Å². The second-order valence-electron chi connectivity index (χ2n) is 6.18. The van der Waals surface area contributed by atoms with Crippen LogP contribution in [0.1, 0.15) is 17.2 Å². The van der Waals surface area contributed by atoms with Gasteiger partial charge in [0.05, 0.1) is 10.9 Å². The van der Waals surface area contributed by atoms with Gasteiger partial charge in [-0.15, -0.1) is 0 Å². The van der Waals surface area contributed by atoms with Gasteiger partial charge in [-0.25, -0.2) is 13.6 Å². The predicted octanol–water partition coefficient (Wildman–Crippen LogP) is 2.84. The Morgan fingerprint density at radius 3 is 2.20 bits per heavy atom. The van der Waals surface area contributed by atoms with Gasteiger partial charge in [0.25, 0.3) is 0 Å². The van der Waals surface area contributed by atoms with E-state index >= 15 is 0 Å². The lowest BCUT2D eigenvalue weighted by molar-refractivity contribution is 0.332. The van der Waals surface area contributed by atoms with E-state index in [1.807, 2.05) is 49.3 Å². The van der Waals surface area contributed by atoms with Crippen molar-refractivity contribution in [1.82, 2.24) is 4.90 Å². The Morgan fingerprint density at radius 2 is 1.60 bits per heavy atom. The topological polar surface area (TPSA) is 83.6 Å². The number of phenolic OH excluding ortho intramolecular Hbond substituents is 1. The number of nitrogens with two attached hydrogens (primary N) is 1. The first kappa shape index (κ1) is 17.4. The summed E-state index contributed by atoms with van der Waals surface area (Å²) < 4.78 is 23.6. The molecule has 0 amide bonds. The Balaban J connectivity index is 2.26.